The largest absolute Gasteiger partial charge is 0.417 e. The minimum absolute atomic E-state index is 0.0999. The zero-order valence-electron chi connectivity index (χ0n) is 9.39. The maximum atomic E-state index is 12.6. The van der Waals surface area contributed by atoms with Gasteiger partial charge in [-0.25, -0.2) is 0 Å². The second kappa shape index (κ2) is 6.17. The first kappa shape index (κ1) is 14.2. The van der Waals surface area contributed by atoms with Gasteiger partial charge >= 0.3 is 6.18 Å². The molecule has 0 radical (unpaired) electrons. The minimum atomic E-state index is -4.67. The fourth-order valence-electron chi connectivity index (χ4n) is 1.54. The lowest BCUT2D eigenvalue weighted by atomic mass is 10.1. The average molecular weight is 256 g/mol. The van der Waals surface area contributed by atoms with Gasteiger partial charge in [0.25, 0.3) is 0 Å². The van der Waals surface area contributed by atoms with E-state index in [0.29, 0.717) is 11.8 Å². The first-order chi connectivity index (χ1) is 8.49. The van der Waals surface area contributed by atoms with E-state index in [9.17, 15) is 18.0 Å². The third kappa shape index (κ3) is 3.86. The molecule has 6 heteroatoms. The van der Waals surface area contributed by atoms with Crippen molar-refractivity contribution in [2.45, 2.75) is 18.8 Å². The standard InChI is InChI=1S/C12H11F3N2O/c13-12(14,15)11(8-16)17(6-7-18)9-10-4-2-1-3-5-10/h1-5,7,11H,6,9H2. The number of benzene rings is 1. The Hall–Kier alpha value is -1.87. The Labute approximate surface area is 102 Å². The molecule has 0 heterocycles. The van der Waals surface area contributed by atoms with Crippen molar-refractivity contribution in [1.82, 2.24) is 4.90 Å². The third-order valence-electron chi connectivity index (χ3n) is 2.34. The van der Waals surface area contributed by atoms with Crippen LogP contribution in [-0.2, 0) is 11.3 Å². The summed E-state index contributed by atoms with van der Waals surface area (Å²) in [6.45, 7) is -0.538. The highest BCUT2D eigenvalue weighted by molar-refractivity contribution is 5.52. The molecule has 0 amide bonds. The quantitative estimate of drug-likeness (QED) is 0.758. The fourth-order valence-corrected chi connectivity index (χ4v) is 1.54. The topological polar surface area (TPSA) is 44.1 Å². The molecule has 0 saturated carbocycles. The van der Waals surface area contributed by atoms with Crippen molar-refractivity contribution in [3.63, 3.8) is 0 Å². The van der Waals surface area contributed by atoms with Crippen LogP contribution in [0.1, 0.15) is 5.56 Å². The number of nitrogens with zero attached hydrogens (tertiary/aromatic N) is 2. The van der Waals surface area contributed by atoms with Crippen LogP contribution in [0.5, 0.6) is 0 Å². The molecule has 0 aromatic heterocycles. The summed E-state index contributed by atoms with van der Waals surface area (Å²) < 4.78 is 37.8. The first-order valence-electron chi connectivity index (χ1n) is 5.17. The van der Waals surface area contributed by atoms with Crippen molar-refractivity contribution >= 4 is 6.29 Å². The van der Waals surface area contributed by atoms with Crippen molar-refractivity contribution in [2.75, 3.05) is 6.54 Å². The summed E-state index contributed by atoms with van der Waals surface area (Å²) in [6.07, 6.45) is -4.31. The molecule has 1 aromatic rings. The number of carbonyl (C=O) groups is 1. The monoisotopic (exact) mass is 256 g/mol. The maximum absolute atomic E-state index is 12.6. The van der Waals surface area contributed by atoms with Crippen molar-refractivity contribution in [2.24, 2.45) is 0 Å². The summed E-state index contributed by atoms with van der Waals surface area (Å²) in [4.78, 5) is 11.2. The molecule has 0 spiro atoms. The second-order valence-electron chi connectivity index (χ2n) is 3.65. The van der Waals surface area contributed by atoms with E-state index in [-0.39, 0.29) is 6.54 Å². The molecule has 1 atom stereocenters. The molecule has 0 aliphatic rings. The van der Waals surface area contributed by atoms with E-state index in [4.69, 9.17) is 5.26 Å². The van der Waals surface area contributed by atoms with E-state index >= 15 is 0 Å². The lowest BCUT2D eigenvalue weighted by Crippen LogP contribution is -2.45. The zero-order chi connectivity index (χ0) is 13.6. The van der Waals surface area contributed by atoms with Crippen LogP contribution in [0, 0.1) is 11.3 Å². The molecule has 1 aromatic carbocycles. The third-order valence-corrected chi connectivity index (χ3v) is 2.34. The van der Waals surface area contributed by atoms with E-state index in [1.54, 1.807) is 30.3 Å². The van der Waals surface area contributed by atoms with Crippen LogP contribution in [0.4, 0.5) is 13.2 Å². The predicted octanol–water partition coefficient (Wildman–Crippen LogP) is 2.14. The Morgan fingerprint density at radius 2 is 1.94 bits per heavy atom. The maximum Gasteiger partial charge on any atom is 0.417 e. The summed E-state index contributed by atoms with van der Waals surface area (Å²) in [7, 11) is 0. The molecular formula is C12H11F3N2O. The lowest BCUT2D eigenvalue weighted by Gasteiger charge is -2.26. The van der Waals surface area contributed by atoms with E-state index in [1.807, 2.05) is 0 Å². The number of nitriles is 1. The normalized spacial score (nSPS) is 13.1. The fraction of sp³-hybridized carbons (Fsp3) is 0.333. The number of halogens is 3. The predicted molar refractivity (Wildman–Crippen MR) is 58.4 cm³/mol. The van der Waals surface area contributed by atoms with Crippen LogP contribution in [0.3, 0.4) is 0 Å². The Morgan fingerprint density at radius 1 is 1.33 bits per heavy atom. The molecule has 0 fully saturated rings. The van der Waals surface area contributed by atoms with Gasteiger partial charge in [-0.15, -0.1) is 0 Å². The number of rotatable bonds is 5. The summed E-state index contributed by atoms with van der Waals surface area (Å²) in [6, 6.07) is 7.30. The SMILES string of the molecule is N#CC(N(CC=O)Cc1ccccc1)C(F)(F)F. The van der Waals surface area contributed by atoms with E-state index in [0.717, 1.165) is 4.90 Å². The Morgan fingerprint density at radius 3 is 2.39 bits per heavy atom. The molecule has 0 saturated heterocycles. The number of hydrogen-bond acceptors (Lipinski definition) is 3. The first-order valence-corrected chi connectivity index (χ1v) is 5.17. The Bertz CT molecular complexity index is 425. The van der Waals surface area contributed by atoms with Crippen LogP contribution in [0.15, 0.2) is 30.3 Å². The highest BCUT2D eigenvalue weighted by atomic mass is 19.4. The van der Waals surface area contributed by atoms with Gasteiger partial charge in [0.1, 0.15) is 6.29 Å². The Kier molecular flexibility index (Phi) is 4.86. The van der Waals surface area contributed by atoms with Crippen molar-refractivity contribution < 1.29 is 18.0 Å². The van der Waals surface area contributed by atoms with Gasteiger partial charge < -0.3 is 4.79 Å². The average Bonchev–Trinajstić information content (AvgIpc) is 2.29. The van der Waals surface area contributed by atoms with Crippen molar-refractivity contribution in [1.29, 1.82) is 5.26 Å². The minimum Gasteiger partial charge on any atom is -0.302 e. The molecule has 0 N–H and O–H groups in total. The van der Waals surface area contributed by atoms with Crippen LogP contribution < -0.4 is 0 Å². The molecule has 0 aliphatic heterocycles. The molecule has 1 unspecified atom stereocenters. The van der Waals surface area contributed by atoms with Gasteiger partial charge in [-0.3, -0.25) is 4.90 Å². The second-order valence-corrected chi connectivity index (χ2v) is 3.65. The zero-order valence-corrected chi connectivity index (χ0v) is 9.39. The molecule has 3 nitrogen and oxygen atoms in total. The summed E-state index contributed by atoms with van der Waals surface area (Å²) in [5, 5.41) is 8.61. The number of alkyl halides is 3. The summed E-state index contributed by atoms with van der Waals surface area (Å²) >= 11 is 0. The van der Waals surface area contributed by atoms with E-state index < -0.39 is 18.8 Å². The van der Waals surface area contributed by atoms with Crippen molar-refractivity contribution in [3.05, 3.63) is 35.9 Å². The van der Waals surface area contributed by atoms with Gasteiger partial charge in [-0.2, -0.15) is 18.4 Å². The van der Waals surface area contributed by atoms with Gasteiger partial charge in [0.05, 0.1) is 12.6 Å². The molecule has 0 aliphatic carbocycles. The smallest absolute Gasteiger partial charge is 0.302 e. The van der Waals surface area contributed by atoms with Gasteiger partial charge in [-0.05, 0) is 5.56 Å². The summed E-state index contributed by atoms with van der Waals surface area (Å²) in [5.41, 5.74) is 0.615. The van der Waals surface area contributed by atoms with Crippen LogP contribution >= 0.6 is 0 Å². The van der Waals surface area contributed by atoms with E-state index in [2.05, 4.69) is 0 Å². The van der Waals surface area contributed by atoms with Gasteiger partial charge in [0, 0.05) is 6.54 Å². The highest BCUT2D eigenvalue weighted by Gasteiger charge is 2.43. The highest BCUT2D eigenvalue weighted by Crippen LogP contribution is 2.25. The molecule has 96 valence electrons. The summed E-state index contributed by atoms with van der Waals surface area (Å²) in [5.74, 6) is 0. The van der Waals surface area contributed by atoms with Gasteiger partial charge in [0.15, 0.2) is 6.04 Å². The van der Waals surface area contributed by atoms with Gasteiger partial charge in [0.2, 0.25) is 0 Å². The van der Waals surface area contributed by atoms with Crippen molar-refractivity contribution in [3.8, 4) is 6.07 Å². The van der Waals surface area contributed by atoms with Crippen LogP contribution in [0.2, 0.25) is 0 Å². The molecular weight excluding hydrogens is 245 g/mol. The Balaban J connectivity index is 2.89. The number of aldehydes is 1. The number of hydrogen-bond donors (Lipinski definition) is 0. The van der Waals surface area contributed by atoms with E-state index in [1.165, 1.54) is 6.07 Å². The molecule has 18 heavy (non-hydrogen) atoms. The lowest BCUT2D eigenvalue weighted by molar-refractivity contribution is -0.169. The molecule has 0 bridgehead atoms. The molecule has 1 rings (SSSR count). The van der Waals surface area contributed by atoms with Gasteiger partial charge in [-0.1, -0.05) is 30.3 Å². The van der Waals surface area contributed by atoms with Crippen LogP contribution in [0.25, 0.3) is 0 Å². The van der Waals surface area contributed by atoms with Crippen LogP contribution in [-0.4, -0.2) is 29.9 Å². The number of carbonyl (C=O) groups excluding carboxylic acids is 1.